The van der Waals surface area contributed by atoms with Crippen molar-refractivity contribution in [2.75, 3.05) is 6.54 Å². The minimum absolute atomic E-state index is 0.0248. The standard InChI is InChI=1S/C21H20FN3O3S/c1-12-5-6-25(24-12)11-20(27)23-10-16-8-14-7-15(22)9-17(21(14)28-16)19-4-3-18(29-19)13(2)26/h3-7,9,16H,8,10-11H2,1-2H3,(H,23,27)/t16-/m0/s1. The van der Waals surface area contributed by atoms with Crippen LogP contribution >= 0.6 is 11.3 Å². The number of aromatic nitrogens is 2. The van der Waals surface area contributed by atoms with Gasteiger partial charge in [-0.15, -0.1) is 11.3 Å². The molecule has 0 unspecified atom stereocenters. The van der Waals surface area contributed by atoms with Gasteiger partial charge in [-0.1, -0.05) is 0 Å². The van der Waals surface area contributed by atoms with Crippen LogP contribution in [0.5, 0.6) is 5.75 Å². The largest absolute Gasteiger partial charge is 0.487 e. The third-order valence-electron chi connectivity index (χ3n) is 4.69. The molecule has 0 spiro atoms. The first-order valence-electron chi connectivity index (χ1n) is 9.26. The number of benzene rings is 1. The summed E-state index contributed by atoms with van der Waals surface area (Å²) in [5.74, 6) is 0.0794. The normalized spacial score (nSPS) is 15.1. The summed E-state index contributed by atoms with van der Waals surface area (Å²) in [7, 11) is 0. The molecular formula is C21H20FN3O3S. The van der Waals surface area contributed by atoms with E-state index in [1.54, 1.807) is 23.0 Å². The number of nitrogens with zero attached hydrogens (tertiary/aromatic N) is 2. The molecule has 3 heterocycles. The number of amides is 1. The molecule has 0 saturated heterocycles. The molecule has 0 radical (unpaired) electrons. The van der Waals surface area contributed by atoms with Crippen molar-refractivity contribution in [3.8, 4) is 16.2 Å². The van der Waals surface area contributed by atoms with Gasteiger partial charge in [-0.25, -0.2) is 4.39 Å². The number of thiophene rings is 1. The molecule has 1 aromatic carbocycles. The number of fused-ring (bicyclic) bond motifs is 1. The molecule has 1 aliphatic heterocycles. The van der Waals surface area contributed by atoms with Gasteiger partial charge < -0.3 is 10.1 Å². The second kappa shape index (κ2) is 7.79. The minimum atomic E-state index is -0.348. The summed E-state index contributed by atoms with van der Waals surface area (Å²) >= 11 is 1.32. The van der Waals surface area contributed by atoms with Gasteiger partial charge in [0.25, 0.3) is 0 Å². The third kappa shape index (κ3) is 4.22. The molecule has 6 nitrogen and oxygen atoms in total. The van der Waals surface area contributed by atoms with Crippen molar-refractivity contribution >= 4 is 23.0 Å². The lowest BCUT2D eigenvalue weighted by molar-refractivity contribution is -0.122. The molecule has 0 bridgehead atoms. The zero-order valence-corrected chi connectivity index (χ0v) is 16.9. The van der Waals surface area contributed by atoms with Gasteiger partial charge >= 0.3 is 0 Å². The van der Waals surface area contributed by atoms with Crippen LogP contribution in [0.1, 0.15) is 27.9 Å². The van der Waals surface area contributed by atoms with Crippen molar-refractivity contribution in [3.05, 3.63) is 58.5 Å². The Balaban J connectivity index is 1.44. The minimum Gasteiger partial charge on any atom is -0.487 e. The zero-order valence-electron chi connectivity index (χ0n) is 16.1. The molecule has 3 aromatic rings. The molecular weight excluding hydrogens is 393 g/mol. The third-order valence-corrected chi connectivity index (χ3v) is 5.91. The van der Waals surface area contributed by atoms with Gasteiger partial charge in [0.15, 0.2) is 5.78 Å². The number of hydrogen-bond acceptors (Lipinski definition) is 5. The molecule has 8 heteroatoms. The Morgan fingerprint density at radius 2 is 2.17 bits per heavy atom. The smallest absolute Gasteiger partial charge is 0.241 e. The highest BCUT2D eigenvalue weighted by Crippen LogP contribution is 2.42. The van der Waals surface area contributed by atoms with Gasteiger partial charge in [-0.2, -0.15) is 5.10 Å². The first-order valence-corrected chi connectivity index (χ1v) is 10.1. The fraction of sp³-hybridized carbons (Fsp3) is 0.286. The van der Waals surface area contributed by atoms with Crippen LogP contribution < -0.4 is 10.1 Å². The number of aryl methyl sites for hydroxylation is 1. The van der Waals surface area contributed by atoms with Crippen LogP contribution in [0.25, 0.3) is 10.4 Å². The molecule has 150 valence electrons. The van der Waals surface area contributed by atoms with E-state index in [2.05, 4.69) is 10.4 Å². The van der Waals surface area contributed by atoms with E-state index in [9.17, 15) is 14.0 Å². The molecule has 0 fully saturated rings. The predicted octanol–water partition coefficient (Wildman–Crippen LogP) is 3.38. The fourth-order valence-corrected chi connectivity index (χ4v) is 4.26. The zero-order chi connectivity index (χ0) is 20.5. The van der Waals surface area contributed by atoms with Crippen molar-refractivity contribution in [2.24, 2.45) is 0 Å². The van der Waals surface area contributed by atoms with Crippen molar-refractivity contribution in [1.29, 1.82) is 0 Å². The Morgan fingerprint density at radius 3 is 2.86 bits per heavy atom. The number of rotatable bonds is 6. The molecule has 0 saturated carbocycles. The Bertz CT molecular complexity index is 1090. The highest BCUT2D eigenvalue weighted by molar-refractivity contribution is 7.17. The maximum absolute atomic E-state index is 14.2. The summed E-state index contributed by atoms with van der Waals surface area (Å²) in [6.45, 7) is 3.82. The Hall–Kier alpha value is -3.00. The number of hydrogen-bond donors (Lipinski definition) is 1. The SMILES string of the molecule is CC(=O)c1ccc(-c2cc(F)cc3c2O[C@H](CNC(=O)Cn2ccc(C)n2)C3)s1. The second-order valence-electron chi connectivity index (χ2n) is 7.06. The van der Waals surface area contributed by atoms with E-state index >= 15 is 0 Å². The Labute approximate surface area is 171 Å². The van der Waals surface area contributed by atoms with Crippen molar-refractivity contribution in [2.45, 2.75) is 32.9 Å². The van der Waals surface area contributed by atoms with Crippen LogP contribution in [0.3, 0.4) is 0 Å². The Kier molecular flexibility index (Phi) is 5.19. The van der Waals surface area contributed by atoms with Crippen LogP contribution in [0.2, 0.25) is 0 Å². The number of halogens is 1. The summed E-state index contributed by atoms with van der Waals surface area (Å²) in [6, 6.07) is 8.27. The summed E-state index contributed by atoms with van der Waals surface area (Å²) in [5.41, 5.74) is 2.25. The topological polar surface area (TPSA) is 73.2 Å². The second-order valence-corrected chi connectivity index (χ2v) is 8.15. The first-order chi connectivity index (χ1) is 13.9. The quantitative estimate of drug-likeness (QED) is 0.629. The predicted molar refractivity (Wildman–Crippen MR) is 108 cm³/mol. The number of carbonyl (C=O) groups excluding carboxylic acids is 2. The van der Waals surface area contributed by atoms with E-state index in [1.807, 2.05) is 13.0 Å². The Morgan fingerprint density at radius 1 is 1.34 bits per heavy atom. The lowest BCUT2D eigenvalue weighted by Crippen LogP contribution is -2.36. The molecule has 0 aliphatic carbocycles. The maximum Gasteiger partial charge on any atom is 0.241 e. The monoisotopic (exact) mass is 413 g/mol. The molecule has 1 aliphatic rings. The van der Waals surface area contributed by atoms with Crippen LogP contribution in [0.4, 0.5) is 4.39 Å². The number of carbonyl (C=O) groups is 2. The van der Waals surface area contributed by atoms with Crippen LogP contribution in [0, 0.1) is 12.7 Å². The number of Topliss-reactive ketones (excluding diaryl/α,β-unsaturated/α-hetero) is 1. The molecule has 1 N–H and O–H groups in total. The van der Waals surface area contributed by atoms with Gasteiger partial charge in [0.05, 0.1) is 17.1 Å². The lowest BCUT2D eigenvalue weighted by atomic mass is 10.0. The average Bonchev–Trinajstić information content (AvgIpc) is 3.38. The molecule has 29 heavy (non-hydrogen) atoms. The summed E-state index contributed by atoms with van der Waals surface area (Å²) in [5, 5.41) is 7.04. The van der Waals surface area contributed by atoms with Gasteiger partial charge in [0, 0.05) is 28.6 Å². The van der Waals surface area contributed by atoms with E-state index < -0.39 is 0 Å². The number of nitrogens with one attached hydrogen (secondary N) is 1. The number of ether oxygens (including phenoxy) is 1. The van der Waals surface area contributed by atoms with E-state index in [0.717, 1.165) is 16.1 Å². The van der Waals surface area contributed by atoms with Gasteiger partial charge in [-0.05, 0) is 44.2 Å². The van der Waals surface area contributed by atoms with E-state index in [4.69, 9.17) is 4.74 Å². The molecule has 4 rings (SSSR count). The highest BCUT2D eigenvalue weighted by Gasteiger charge is 2.28. The van der Waals surface area contributed by atoms with Crippen molar-refractivity contribution in [3.63, 3.8) is 0 Å². The lowest BCUT2D eigenvalue weighted by Gasteiger charge is -2.13. The molecule has 1 atom stereocenters. The van der Waals surface area contributed by atoms with E-state index in [-0.39, 0.29) is 30.2 Å². The van der Waals surface area contributed by atoms with Crippen LogP contribution in [-0.4, -0.2) is 34.1 Å². The fourth-order valence-electron chi connectivity index (χ4n) is 3.35. The average molecular weight is 413 g/mol. The van der Waals surface area contributed by atoms with Crippen LogP contribution in [-0.2, 0) is 17.8 Å². The summed E-state index contributed by atoms with van der Waals surface area (Å²) < 4.78 is 21.8. The highest BCUT2D eigenvalue weighted by atomic mass is 32.1. The van der Waals surface area contributed by atoms with E-state index in [1.165, 1.54) is 30.4 Å². The van der Waals surface area contributed by atoms with Gasteiger partial charge in [0.1, 0.15) is 24.2 Å². The van der Waals surface area contributed by atoms with Crippen LogP contribution in [0.15, 0.2) is 36.5 Å². The van der Waals surface area contributed by atoms with Crippen molar-refractivity contribution < 1.29 is 18.7 Å². The molecule has 2 aromatic heterocycles. The number of ketones is 1. The van der Waals surface area contributed by atoms with Gasteiger partial charge in [0.2, 0.25) is 5.91 Å². The maximum atomic E-state index is 14.2. The van der Waals surface area contributed by atoms with E-state index in [0.29, 0.717) is 29.2 Å². The summed E-state index contributed by atoms with van der Waals surface area (Å²) in [4.78, 5) is 25.1. The molecule has 1 amide bonds. The van der Waals surface area contributed by atoms with Gasteiger partial charge in [-0.3, -0.25) is 14.3 Å². The first kappa shape index (κ1) is 19.3. The summed E-state index contributed by atoms with van der Waals surface area (Å²) in [6.07, 6.45) is 1.98. The van der Waals surface area contributed by atoms with Crippen molar-refractivity contribution in [1.82, 2.24) is 15.1 Å².